The Labute approximate surface area is 175 Å². The molecule has 2 heterocycles. The summed E-state index contributed by atoms with van der Waals surface area (Å²) in [5, 5.41) is 0. The fourth-order valence-corrected chi connectivity index (χ4v) is 4.57. The van der Waals surface area contributed by atoms with Crippen LogP contribution in [0, 0.1) is 5.92 Å². The topological polar surface area (TPSA) is 26.8 Å². The molecule has 4 heteroatoms. The molecule has 0 bridgehead atoms. The Bertz CT molecular complexity index is 781. The molecule has 0 radical (unpaired) electrons. The summed E-state index contributed by atoms with van der Waals surface area (Å²) in [6, 6.07) is 18.9. The number of amides is 1. The van der Waals surface area contributed by atoms with Gasteiger partial charge in [0, 0.05) is 51.4 Å². The van der Waals surface area contributed by atoms with Gasteiger partial charge in [0.05, 0.1) is 0 Å². The van der Waals surface area contributed by atoms with Gasteiger partial charge < -0.3 is 4.90 Å². The largest absolute Gasteiger partial charge is 0.336 e. The van der Waals surface area contributed by atoms with Crippen LogP contribution in [0.15, 0.2) is 54.6 Å². The van der Waals surface area contributed by atoms with Crippen molar-refractivity contribution >= 4 is 5.91 Å². The predicted octanol–water partition coefficient (Wildman–Crippen LogP) is 3.88. The summed E-state index contributed by atoms with van der Waals surface area (Å²) in [6.07, 6.45) is 2.65. The van der Waals surface area contributed by atoms with Gasteiger partial charge in [-0.25, -0.2) is 0 Å². The highest BCUT2D eigenvalue weighted by Gasteiger charge is 2.22. The molecule has 154 valence electrons. The van der Waals surface area contributed by atoms with Crippen molar-refractivity contribution in [2.75, 3.05) is 39.3 Å². The van der Waals surface area contributed by atoms with E-state index in [-0.39, 0.29) is 5.91 Å². The quantitative estimate of drug-likeness (QED) is 0.774. The van der Waals surface area contributed by atoms with Crippen LogP contribution in [-0.4, -0.2) is 59.9 Å². The third kappa shape index (κ3) is 5.46. The molecule has 1 amide bonds. The van der Waals surface area contributed by atoms with Crippen LogP contribution in [0.3, 0.4) is 0 Å². The number of benzene rings is 2. The molecule has 2 fully saturated rings. The van der Waals surface area contributed by atoms with E-state index in [0.29, 0.717) is 0 Å². The second-order valence-corrected chi connectivity index (χ2v) is 8.73. The molecule has 2 aromatic rings. The molecule has 29 heavy (non-hydrogen) atoms. The molecule has 0 saturated carbocycles. The molecule has 0 N–H and O–H groups in total. The monoisotopic (exact) mass is 391 g/mol. The standard InChI is InChI=1S/C25H33N3O/c1-21-6-5-13-27(18-21)20-23-9-11-24(12-10-23)25(29)28-16-14-26(15-17-28)19-22-7-3-2-4-8-22/h2-4,7-12,21H,5-6,13-20H2,1H3/t21-/m1/s1. The Kier molecular flexibility index (Phi) is 6.63. The lowest BCUT2D eigenvalue weighted by Crippen LogP contribution is -2.48. The maximum atomic E-state index is 12.9. The summed E-state index contributed by atoms with van der Waals surface area (Å²) in [7, 11) is 0. The number of piperazine rings is 1. The molecule has 0 spiro atoms. The minimum absolute atomic E-state index is 0.169. The summed E-state index contributed by atoms with van der Waals surface area (Å²) in [5.41, 5.74) is 3.46. The first-order valence-corrected chi connectivity index (χ1v) is 11.0. The summed E-state index contributed by atoms with van der Waals surface area (Å²) < 4.78 is 0. The Morgan fingerprint density at radius 1 is 0.828 bits per heavy atom. The summed E-state index contributed by atoms with van der Waals surface area (Å²) >= 11 is 0. The van der Waals surface area contributed by atoms with Gasteiger partial charge in [0.2, 0.25) is 0 Å². The Morgan fingerprint density at radius 3 is 2.17 bits per heavy atom. The van der Waals surface area contributed by atoms with E-state index in [1.807, 2.05) is 17.0 Å². The fraction of sp³-hybridized carbons (Fsp3) is 0.480. The van der Waals surface area contributed by atoms with E-state index >= 15 is 0 Å². The van der Waals surface area contributed by atoms with E-state index < -0.39 is 0 Å². The number of rotatable bonds is 5. The average molecular weight is 392 g/mol. The number of hydrogen-bond donors (Lipinski definition) is 0. The molecule has 2 aliphatic rings. The maximum Gasteiger partial charge on any atom is 0.253 e. The third-order valence-corrected chi connectivity index (χ3v) is 6.26. The van der Waals surface area contributed by atoms with Crippen molar-refractivity contribution in [3.05, 3.63) is 71.3 Å². The lowest BCUT2D eigenvalue weighted by atomic mass is 9.99. The van der Waals surface area contributed by atoms with E-state index in [0.717, 1.165) is 50.7 Å². The lowest BCUT2D eigenvalue weighted by molar-refractivity contribution is 0.0628. The van der Waals surface area contributed by atoms with Crippen LogP contribution >= 0.6 is 0 Å². The van der Waals surface area contributed by atoms with Gasteiger partial charge in [-0.1, -0.05) is 49.4 Å². The van der Waals surface area contributed by atoms with Crippen LogP contribution in [0.25, 0.3) is 0 Å². The second-order valence-electron chi connectivity index (χ2n) is 8.73. The van der Waals surface area contributed by atoms with Gasteiger partial charge in [-0.05, 0) is 48.6 Å². The van der Waals surface area contributed by atoms with Crippen LogP contribution < -0.4 is 0 Å². The first-order chi connectivity index (χ1) is 14.2. The number of nitrogens with zero attached hydrogens (tertiary/aromatic N) is 3. The van der Waals surface area contributed by atoms with E-state index in [1.54, 1.807) is 0 Å². The second kappa shape index (κ2) is 9.55. The number of carbonyl (C=O) groups is 1. The fourth-order valence-electron chi connectivity index (χ4n) is 4.57. The van der Waals surface area contributed by atoms with Crippen molar-refractivity contribution in [3.8, 4) is 0 Å². The minimum Gasteiger partial charge on any atom is -0.336 e. The van der Waals surface area contributed by atoms with E-state index in [9.17, 15) is 4.79 Å². The predicted molar refractivity (Wildman–Crippen MR) is 118 cm³/mol. The van der Waals surface area contributed by atoms with Crippen LogP contribution in [0.5, 0.6) is 0 Å². The van der Waals surface area contributed by atoms with Gasteiger partial charge in [-0.15, -0.1) is 0 Å². The molecular formula is C25H33N3O. The van der Waals surface area contributed by atoms with Crippen molar-refractivity contribution < 1.29 is 4.79 Å². The molecular weight excluding hydrogens is 358 g/mol. The van der Waals surface area contributed by atoms with Crippen molar-refractivity contribution in [2.45, 2.75) is 32.9 Å². The highest BCUT2D eigenvalue weighted by molar-refractivity contribution is 5.94. The zero-order valence-electron chi connectivity index (χ0n) is 17.6. The first-order valence-electron chi connectivity index (χ1n) is 11.0. The number of hydrogen-bond acceptors (Lipinski definition) is 3. The van der Waals surface area contributed by atoms with Gasteiger partial charge in [0.25, 0.3) is 5.91 Å². The highest BCUT2D eigenvalue weighted by atomic mass is 16.2. The molecule has 0 unspecified atom stereocenters. The van der Waals surface area contributed by atoms with Gasteiger partial charge >= 0.3 is 0 Å². The zero-order chi connectivity index (χ0) is 20.1. The van der Waals surface area contributed by atoms with Gasteiger partial charge in [-0.2, -0.15) is 0 Å². The van der Waals surface area contributed by atoms with Gasteiger partial charge in [0.1, 0.15) is 0 Å². The molecule has 0 aromatic heterocycles. The molecule has 4 nitrogen and oxygen atoms in total. The van der Waals surface area contributed by atoms with Crippen molar-refractivity contribution in [2.24, 2.45) is 5.92 Å². The van der Waals surface area contributed by atoms with Crippen LogP contribution in [0.1, 0.15) is 41.3 Å². The zero-order valence-corrected chi connectivity index (χ0v) is 17.6. The Balaban J connectivity index is 1.27. The molecule has 0 aliphatic carbocycles. The minimum atomic E-state index is 0.169. The smallest absolute Gasteiger partial charge is 0.253 e. The summed E-state index contributed by atoms with van der Waals surface area (Å²) in [5.74, 6) is 0.965. The number of piperidine rings is 1. The van der Waals surface area contributed by atoms with E-state index in [4.69, 9.17) is 0 Å². The molecule has 4 rings (SSSR count). The highest BCUT2D eigenvalue weighted by Crippen LogP contribution is 2.18. The van der Waals surface area contributed by atoms with Crippen LogP contribution in [0.2, 0.25) is 0 Å². The maximum absolute atomic E-state index is 12.9. The molecule has 1 atom stereocenters. The normalized spacial score (nSPS) is 21.3. The summed E-state index contributed by atoms with van der Waals surface area (Å²) in [4.78, 5) is 19.9. The average Bonchev–Trinajstić information content (AvgIpc) is 2.75. The first kappa shape index (κ1) is 20.1. The Morgan fingerprint density at radius 2 is 1.48 bits per heavy atom. The van der Waals surface area contributed by atoms with Crippen molar-refractivity contribution in [3.63, 3.8) is 0 Å². The van der Waals surface area contributed by atoms with Crippen molar-refractivity contribution in [1.29, 1.82) is 0 Å². The van der Waals surface area contributed by atoms with Crippen molar-refractivity contribution in [1.82, 2.24) is 14.7 Å². The van der Waals surface area contributed by atoms with Gasteiger partial charge in [-0.3, -0.25) is 14.6 Å². The number of carbonyl (C=O) groups excluding carboxylic acids is 1. The lowest BCUT2D eigenvalue weighted by Gasteiger charge is -2.35. The van der Waals surface area contributed by atoms with Crippen LogP contribution in [0.4, 0.5) is 0 Å². The molecule has 2 aromatic carbocycles. The molecule has 2 saturated heterocycles. The molecule has 2 aliphatic heterocycles. The van der Waals surface area contributed by atoms with Crippen LogP contribution in [-0.2, 0) is 13.1 Å². The summed E-state index contributed by atoms with van der Waals surface area (Å²) in [6.45, 7) is 10.2. The van der Waals surface area contributed by atoms with Gasteiger partial charge in [0.15, 0.2) is 0 Å². The number of likely N-dealkylation sites (tertiary alicyclic amines) is 1. The Hall–Kier alpha value is -2.17. The van der Waals surface area contributed by atoms with E-state index in [2.05, 4.69) is 59.2 Å². The SMILES string of the molecule is C[C@@H]1CCCN(Cc2ccc(C(=O)N3CCN(Cc4ccccc4)CC3)cc2)C1. The van der Waals surface area contributed by atoms with E-state index in [1.165, 1.54) is 37.1 Å². The third-order valence-electron chi connectivity index (χ3n) is 6.26.